The average molecular weight is 343 g/mol. The normalized spacial score (nSPS) is 12.6. The molecule has 0 fully saturated rings. The number of nitrogens with zero attached hydrogens (tertiary/aromatic N) is 3. The van der Waals surface area contributed by atoms with Crippen molar-refractivity contribution in [2.45, 2.75) is 66.0 Å². The molecule has 0 aliphatic heterocycles. The van der Waals surface area contributed by atoms with E-state index in [1.807, 2.05) is 36.9 Å². The number of amides is 1. The Hall–Kier alpha value is -2.17. The van der Waals surface area contributed by atoms with Crippen LogP contribution in [0, 0.1) is 0 Å². The van der Waals surface area contributed by atoms with Crippen molar-refractivity contribution in [3.63, 3.8) is 0 Å². The van der Waals surface area contributed by atoms with E-state index in [9.17, 15) is 9.59 Å². The van der Waals surface area contributed by atoms with E-state index in [0.717, 1.165) is 19.3 Å². The number of unbranched alkanes of at least 4 members (excludes halogenated alkanes) is 1. The number of benzene rings is 1. The molecule has 1 heterocycles. The van der Waals surface area contributed by atoms with Crippen molar-refractivity contribution in [1.29, 1.82) is 0 Å². The smallest absolute Gasteiger partial charge is 0.275 e. The van der Waals surface area contributed by atoms with E-state index in [-0.39, 0.29) is 23.6 Å². The summed E-state index contributed by atoms with van der Waals surface area (Å²) in [6, 6.07) is 7.30. The number of rotatable bonds is 7. The molecule has 0 N–H and O–H groups in total. The van der Waals surface area contributed by atoms with Crippen LogP contribution >= 0.6 is 0 Å². The second-order valence-corrected chi connectivity index (χ2v) is 6.85. The van der Waals surface area contributed by atoms with E-state index in [0.29, 0.717) is 23.0 Å². The summed E-state index contributed by atoms with van der Waals surface area (Å²) in [7, 11) is 0. The first-order valence-corrected chi connectivity index (χ1v) is 9.24. The Morgan fingerprint density at radius 3 is 2.36 bits per heavy atom. The number of carbonyl (C=O) groups excluding carboxylic acids is 1. The molecule has 5 heteroatoms. The maximum atomic E-state index is 13.3. The second-order valence-electron chi connectivity index (χ2n) is 6.85. The number of hydrogen-bond acceptors (Lipinski definition) is 3. The maximum Gasteiger partial charge on any atom is 0.275 e. The molecule has 1 unspecified atom stereocenters. The van der Waals surface area contributed by atoms with Crippen LogP contribution in [0.4, 0.5) is 0 Å². The lowest BCUT2D eigenvalue weighted by molar-refractivity contribution is 0.0678. The summed E-state index contributed by atoms with van der Waals surface area (Å²) in [6.45, 7) is 10.8. The van der Waals surface area contributed by atoms with E-state index < -0.39 is 0 Å². The van der Waals surface area contributed by atoms with E-state index in [1.54, 1.807) is 6.07 Å². The van der Waals surface area contributed by atoms with Gasteiger partial charge in [0, 0.05) is 18.0 Å². The quantitative estimate of drug-likeness (QED) is 0.763. The van der Waals surface area contributed by atoms with Gasteiger partial charge in [-0.2, -0.15) is 5.10 Å². The highest BCUT2D eigenvalue weighted by Gasteiger charge is 2.25. The zero-order valence-corrected chi connectivity index (χ0v) is 16.0. The minimum absolute atomic E-state index is 0.0894. The molecular formula is C20H29N3O2. The molecule has 0 saturated heterocycles. The van der Waals surface area contributed by atoms with Crippen LogP contribution in [-0.4, -0.2) is 33.2 Å². The molecule has 1 aromatic heterocycles. The molecule has 136 valence electrons. The van der Waals surface area contributed by atoms with Gasteiger partial charge >= 0.3 is 0 Å². The highest BCUT2D eigenvalue weighted by molar-refractivity contribution is 6.04. The summed E-state index contributed by atoms with van der Waals surface area (Å²) in [5.74, 6) is -0.0894. The Balaban J connectivity index is 2.63. The zero-order chi connectivity index (χ0) is 18.6. The molecule has 0 aliphatic carbocycles. The van der Waals surface area contributed by atoms with Crippen molar-refractivity contribution in [2.24, 2.45) is 0 Å². The van der Waals surface area contributed by atoms with Crippen LogP contribution in [0.3, 0.4) is 0 Å². The number of carbonyl (C=O) groups is 1. The molecule has 1 atom stereocenters. The third-order valence-electron chi connectivity index (χ3n) is 4.66. The fourth-order valence-corrected chi connectivity index (χ4v) is 2.92. The Morgan fingerprint density at radius 2 is 1.80 bits per heavy atom. The van der Waals surface area contributed by atoms with Gasteiger partial charge < -0.3 is 4.90 Å². The standard InChI is InChI=1S/C20H29N3O2/c1-6-8-13-22(15(5)7-2)20(25)18-16-11-9-10-12-17(16)19(24)23(21-18)14(3)4/h9-12,14-15H,6-8,13H2,1-5H3. The third-order valence-corrected chi connectivity index (χ3v) is 4.66. The predicted molar refractivity (Wildman–Crippen MR) is 102 cm³/mol. The fraction of sp³-hybridized carbons (Fsp3) is 0.550. The minimum atomic E-state index is -0.147. The second kappa shape index (κ2) is 8.28. The van der Waals surface area contributed by atoms with Gasteiger partial charge in [-0.3, -0.25) is 9.59 Å². The molecule has 0 bridgehead atoms. The monoisotopic (exact) mass is 343 g/mol. The van der Waals surface area contributed by atoms with Gasteiger partial charge in [-0.1, -0.05) is 38.5 Å². The number of aromatic nitrogens is 2. The topological polar surface area (TPSA) is 55.2 Å². The summed E-state index contributed by atoms with van der Waals surface area (Å²) >= 11 is 0. The van der Waals surface area contributed by atoms with Gasteiger partial charge in [0.1, 0.15) is 0 Å². The first kappa shape index (κ1) is 19.2. The molecule has 0 radical (unpaired) electrons. The van der Waals surface area contributed by atoms with Gasteiger partial charge in [-0.15, -0.1) is 0 Å². The van der Waals surface area contributed by atoms with E-state index >= 15 is 0 Å². The highest BCUT2D eigenvalue weighted by Crippen LogP contribution is 2.19. The van der Waals surface area contributed by atoms with E-state index in [4.69, 9.17) is 0 Å². The van der Waals surface area contributed by atoms with Crippen LogP contribution in [-0.2, 0) is 0 Å². The molecule has 2 aromatic rings. The Morgan fingerprint density at radius 1 is 1.16 bits per heavy atom. The third kappa shape index (κ3) is 3.91. The summed E-state index contributed by atoms with van der Waals surface area (Å²) in [4.78, 5) is 27.8. The van der Waals surface area contributed by atoms with Crippen LogP contribution in [0.2, 0.25) is 0 Å². The van der Waals surface area contributed by atoms with Crippen LogP contribution < -0.4 is 5.56 Å². The molecule has 2 rings (SSSR count). The SMILES string of the molecule is CCCCN(C(=O)c1nn(C(C)C)c(=O)c2ccccc12)C(C)CC. The van der Waals surface area contributed by atoms with Crippen molar-refractivity contribution >= 4 is 16.7 Å². The van der Waals surface area contributed by atoms with Crippen LogP contribution in [0.15, 0.2) is 29.1 Å². The molecule has 25 heavy (non-hydrogen) atoms. The number of fused-ring (bicyclic) bond motifs is 1. The molecule has 0 saturated carbocycles. The summed E-state index contributed by atoms with van der Waals surface area (Å²) in [5.41, 5.74) is 0.228. The molecule has 1 aromatic carbocycles. The molecule has 5 nitrogen and oxygen atoms in total. The lowest BCUT2D eigenvalue weighted by Gasteiger charge is -2.29. The summed E-state index contributed by atoms with van der Waals surface area (Å²) in [5, 5.41) is 5.65. The lowest BCUT2D eigenvalue weighted by Crippen LogP contribution is -2.40. The van der Waals surface area contributed by atoms with Crippen LogP contribution in [0.5, 0.6) is 0 Å². The molecular weight excluding hydrogens is 314 g/mol. The van der Waals surface area contributed by atoms with E-state index in [1.165, 1.54) is 4.68 Å². The average Bonchev–Trinajstić information content (AvgIpc) is 2.61. The van der Waals surface area contributed by atoms with Crippen molar-refractivity contribution in [3.8, 4) is 0 Å². The summed E-state index contributed by atoms with van der Waals surface area (Å²) < 4.78 is 1.42. The Bertz CT molecular complexity index is 795. The van der Waals surface area contributed by atoms with Crippen molar-refractivity contribution in [2.75, 3.05) is 6.54 Å². The van der Waals surface area contributed by atoms with Gasteiger partial charge in [0.15, 0.2) is 5.69 Å². The van der Waals surface area contributed by atoms with Crippen LogP contribution in [0.25, 0.3) is 10.8 Å². The van der Waals surface area contributed by atoms with E-state index in [2.05, 4.69) is 25.9 Å². The number of hydrogen-bond donors (Lipinski definition) is 0. The van der Waals surface area contributed by atoms with Gasteiger partial charge in [0.25, 0.3) is 11.5 Å². The van der Waals surface area contributed by atoms with Gasteiger partial charge in [0.05, 0.1) is 11.4 Å². The lowest BCUT2D eigenvalue weighted by atomic mass is 10.1. The predicted octanol–water partition coefficient (Wildman–Crippen LogP) is 4.02. The zero-order valence-electron chi connectivity index (χ0n) is 16.0. The van der Waals surface area contributed by atoms with Gasteiger partial charge in [0.2, 0.25) is 0 Å². The maximum absolute atomic E-state index is 13.3. The molecule has 0 aliphatic rings. The van der Waals surface area contributed by atoms with Crippen LogP contribution in [0.1, 0.15) is 70.4 Å². The Kier molecular flexibility index (Phi) is 6.34. The fourth-order valence-electron chi connectivity index (χ4n) is 2.92. The molecule has 1 amide bonds. The molecule has 0 spiro atoms. The van der Waals surface area contributed by atoms with Gasteiger partial charge in [-0.05, 0) is 39.7 Å². The summed E-state index contributed by atoms with van der Waals surface area (Å²) in [6.07, 6.45) is 2.87. The van der Waals surface area contributed by atoms with Crippen molar-refractivity contribution < 1.29 is 4.79 Å². The highest BCUT2D eigenvalue weighted by atomic mass is 16.2. The van der Waals surface area contributed by atoms with Gasteiger partial charge in [-0.25, -0.2) is 4.68 Å². The largest absolute Gasteiger partial charge is 0.335 e. The Labute approximate surface area is 149 Å². The minimum Gasteiger partial charge on any atom is -0.335 e. The van der Waals surface area contributed by atoms with Crippen molar-refractivity contribution in [1.82, 2.24) is 14.7 Å². The van der Waals surface area contributed by atoms with Crippen molar-refractivity contribution in [3.05, 3.63) is 40.3 Å². The first-order chi connectivity index (χ1) is 11.9. The first-order valence-electron chi connectivity index (χ1n) is 9.24.